The molecule has 2 N–H and O–H groups in total. The Morgan fingerprint density at radius 3 is 2.29 bits per heavy atom. The van der Waals surface area contributed by atoms with Crippen LogP contribution in [-0.4, -0.2) is 37.5 Å². The van der Waals surface area contributed by atoms with E-state index in [2.05, 4.69) is 0 Å². The van der Waals surface area contributed by atoms with E-state index in [9.17, 15) is 13.0 Å². The average molecular weight is 350 g/mol. The van der Waals surface area contributed by atoms with Gasteiger partial charge in [-0.1, -0.05) is 18.2 Å². The maximum Gasteiger partial charge on any atom is 0.269 e. The summed E-state index contributed by atoms with van der Waals surface area (Å²) >= 11 is 0. The van der Waals surface area contributed by atoms with Gasteiger partial charge in [0, 0.05) is 12.1 Å². The molecule has 1 heterocycles. The molecule has 2 aromatic rings. The second-order valence-corrected chi connectivity index (χ2v) is 6.67. The summed E-state index contributed by atoms with van der Waals surface area (Å²) < 4.78 is 38.8. The molecule has 0 saturated heterocycles. The number of hydrogen-bond donors (Lipinski definition) is 2. The van der Waals surface area contributed by atoms with Crippen LogP contribution >= 0.6 is 0 Å². The highest BCUT2D eigenvalue weighted by Crippen LogP contribution is 2.21. The van der Waals surface area contributed by atoms with Crippen molar-refractivity contribution < 1.29 is 27.4 Å². The van der Waals surface area contributed by atoms with Crippen molar-refractivity contribution in [2.45, 2.75) is 6.54 Å². The first-order valence-corrected chi connectivity index (χ1v) is 8.92. The number of rotatable bonds is 7. The fourth-order valence-electron chi connectivity index (χ4n) is 2.24. The van der Waals surface area contributed by atoms with Crippen molar-refractivity contribution in [3.63, 3.8) is 0 Å². The van der Waals surface area contributed by atoms with Crippen LogP contribution in [0.1, 0.15) is 11.1 Å². The molecule has 0 radical (unpaired) electrons. The van der Waals surface area contributed by atoms with Gasteiger partial charge < -0.3 is 9.84 Å². The molecule has 6 nitrogen and oxygen atoms in total. The first kappa shape index (κ1) is 18.1. The first-order valence-electron chi connectivity index (χ1n) is 7.31. The van der Waals surface area contributed by atoms with Crippen molar-refractivity contribution in [3.05, 3.63) is 59.9 Å². The van der Waals surface area contributed by atoms with Gasteiger partial charge in [0.1, 0.15) is 18.1 Å². The fraction of sp³-hybridized carbons (Fsp3) is 0.235. The molecule has 0 fully saturated rings. The van der Waals surface area contributed by atoms with Gasteiger partial charge in [-0.3, -0.25) is 4.55 Å². The Hall–Kier alpha value is -2.22. The van der Waals surface area contributed by atoms with E-state index in [0.717, 1.165) is 5.56 Å². The van der Waals surface area contributed by atoms with Crippen molar-refractivity contribution in [3.8, 4) is 5.75 Å². The number of hydrogen-bond acceptors (Lipinski definition) is 4. The van der Waals surface area contributed by atoms with Crippen LogP contribution in [0.2, 0.25) is 0 Å². The lowest BCUT2D eigenvalue weighted by Crippen LogP contribution is -2.34. The molecule has 1 aromatic carbocycles. The molecule has 128 valence electrons. The second-order valence-electron chi connectivity index (χ2n) is 5.22. The number of aliphatic hydroxyl groups is 1. The van der Waals surface area contributed by atoms with Gasteiger partial charge in [-0.15, -0.1) is 0 Å². The van der Waals surface area contributed by atoms with Gasteiger partial charge in [0.25, 0.3) is 10.1 Å². The van der Waals surface area contributed by atoms with Crippen LogP contribution in [0.3, 0.4) is 0 Å². The average Bonchev–Trinajstić information content (AvgIpc) is 2.55. The van der Waals surface area contributed by atoms with Gasteiger partial charge >= 0.3 is 0 Å². The van der Waals surface area contributed by atoms with E-state index in [-0.39, 0.29) is 6.61 Å². The van der Waals surface area contributed by atoms with Crippen LogP contribution < -0.4 is 9.30 Å². The molecule has 0 aliphatic carbocycles. The van der Waals surface area contributed by atoms with Crippen molar-refractivity contribution in [2.24, 2.45) is 0 Å². The van der Waals surface area contributed by atoms with E-state index in [1.807, 2.05) is 0 Å². The van der Waals surface area contributed by atoms with E-state index in [0.29, 0.717) is 23.4 Å². The summed E-state index contributed by atoms with van der Waals surface area (Å²) in [4.78, 5) is 0. The molecule has 0 aliphatic rings. The molecule has 0 unspecified atom stereocenters. The van der Waals surface area contributed by atoms with Crippen molar-refractivity contribution in [1.82, 2.24) is 0 Å². The largest absolute Gasteiger partial charge is 0.497 e. The van der Waals surface area contributed by atoms with Gasteiger partial charge in [0.05, 0.1) is 7.11 Å². The van der Waals surface area contributed by atoms with E-state index in [4.69, 9.17) is 9.84 Å². The quantitative estimate of drug-likeness (QED) is 0.582. The van der Waals surface area contributed by atoms with Crippen LogP contribution in [0.5, 0.6) is 5.75 Å². The molecule has 7 heteroatoms. The van der Waals surface area contributed by atoms with E-state index in [1.54, 1.807) is 66.5 Å². The van der Waals surface area contributed by atoms with Crippen LogP contribution in [0.25, 0.3) is 11.6 Å². The number of methoxy groups -OCH3 is 1. The Kier molecular flexibility index (Phi) is 6.08. The third-order valence-electron chi connectivity index (χ3n) is 3.41. The molecule has 0 aliphatic heterocycles. The minimum absolute atomic E-state index is 0.0174. The lowest BCUT2D eigenvalue weighted by Gasteiger charge is -2.07. The molecule has 0 amide bonds. The third kappa shape index (κ3) is 5.45. The molecule has 2 rings (SSSR count). The smallest absolute Gasteiger partial charge is 0.269 e. The van der Waals surface area contributed by atoms with E-state index < -0.39 is 15.9 Å². The van der Waals surface area contributed by atoms with Gasteiger partial charge in [-0.05, 0) is 28.8 Å². The Labute approximate surface area is 141 Å². The van der Waals surface area contributed by atoms with Crippen LogP contribution in [0.4, 0.5) is 0 Å². The summed E-state index contributed by atoms with van der Waals surface area (Å²) in [5.74, 6) is 0.219. The van der Waals surface area contributed by atoms with Gasteiger partial charge in [-0.2, -0.15) is 8.42 Å². The summed E-state index contributed by atoms with van der Waals surface area (Å²) in [6.07, 6.45) is 5.20. The highest BCUT2D eigenvalue weighted by atomic mass is 32.2. The normalized spacial score (nSPS) is 12.2. The van der Waals surface area contributed by atoms with Gasteiger partial charge in [0.15, 0.2) is 18.9 Å². The van der Waals surface area contributed by atoms with Crippen LogP contribution in [0, 0.1) is 0 Å². The summed E-state index contributed by atoms with van der Waals surface area (Å²) in [5, 5.41) is 8.93. The van der Waals surface area contributed by atoms with Gasteiger partial charge in [-0.25, -0.2) is 4.57 Å². The zero-order valence-corrected chi connectivity index (χ0v) is 14.1. The molecule has 0 saturated carbocycles. The maximum atomic E-state index is 11.3. The maximum absolute atomic E-state index is 11.3. The molecular weight excluding hydrogens is 330 g/mol. The number of aliphatic hydroxyl groups excluding tert-OH is 1. The highest BCUT2D eigenvalue weighted by Gasteiger charge is 2.13. The second kappa shape index (κ2) is 8.05. The van der Waals surface area contributed by atoms with E-state index in [1.165, 1.54) is 0 Å². The van der Waals surface area contributed by atoms with Crippen molar-refractivity contribution in [2.75, 3.05) is 19.5 Å². The number of nitrogens with zero attached hydrogens (tertiary/aromatic N) is 1. The molecule has 0 atom stereocenters. The standard InChI is InChI=1S/C17H19NO5S/c1-23-17-4-2-14(3-5-17)12-16(13-24(20,21)22)15-6-8-18(9-7-15)10-11-19/h2-9,12,19H,10-11,13H2,1H3/p+1/b16-12-. The summed E-state index contributed by atoms with van der Waals surface area (Å²) in [6.45, 7) is 0.472. The molecule has 24 heavy (non-hydrogen) atoms. The first-order chi connectivity index (χ1) is 11.4. The Balaban J connectivity index is 2.37. The van der Waals surface area contributed by atoms with Crippen LogP contribution in [0.15, 0.2) is 48.8 Å². The SMILES string of the molecule is COc1ccc(/C=C(/CS(=O)(=O)O)c2cc[n+](CCO)cc2)cc1. The summed E-state index contributed by atoms with van der Waals surface area (Å²) in [7, 11) is -2.59. The number of pyridine rings is 1. The number of ether oxygens (including phenoxy) is 1. The molecule has 0 spiro atoms. The summed E-state index contributed by atoms with van der Waals surface area (Å²) in [6, 6.07) is 10.6. The third-order valence-corrected chi connectivity index (χ3v) is 4.09. The topological polar surface area (TPSA) is 87.7 Å². The van der Waals surface area contributed by atoms with Crippen LogP contribution in [-0.2, 0) is 16.7 Å². The minimum atomic E-state index is -4.16. The number of benzene rings is 1. The molecule has 1 aromatic heterocycles. The lowest BCUT2D eigenvalue weighted by molar-refractivity contribution is -0.698. The van der Waals surface area contributed by atoms with Crippen molar-refractivity contribution in [1.29, 1.82) is 0 Å². The molecular formula is C17H20NO5S+. The summed E-state index contributed by atoms with van der Waals surface area (Å²) in [5.41, 5.74) is 1.94. The monoisotopic (exact) mass is 350 g/mol. The van der Waals surface area contributed by atoms with E-state index >= 15 is 0 Å². The zero-order chi connectivity index (χ0) is 17.6. The fourth-order valence-corrected chi connectivity index (χ4v) is 2.89. The predicted octanol–water partition coefficient (Wildman–Crippen LogP) is 1.40. The van der Waals surface area contributed by atoms with Crippen molar-refractivity contribution >= 4 is 21.8 Å². The Bertz CT molecular complexity index is 796. The highest BCUT2D eigenvalue weighted by molar-refractivity contribution is 7.86. The number of aromatic nitrogens is 1. The lowest BCUT2D eigenvalue weighted by atomic mass is 10.1. The van der Waals surface area contributed by atoms with Gasteiger partial charge in [0.2, 0.25) is 0 Å². The molecule has 0 bridgehead atoms. The predicted molar refractivity (Wildman–Crippen MR) is 91.0 cm³/mol. The Morgan fingerprint density at radius 1 is 1.17 bits per heavy atom. The Morgan fingerprint density at radius 2 is 1.79 bits per heavy atom. The minimum Gasteiger partial charge on any atom is -0.497 e. The zero-order valence-electron chi connectivity index (χ0n) is 13.3.